The summed E-state index contributed by atoms with van der Waals surface area (Å²) < 4.78 is 26.2. The molecule has 0 saturated heterocycles. The molecule has 0 amide bonds. The van der Waals surface area contributed by atoms with Crippen molar-refractivity contribution in [1.82, 2.24) is 4.57 Å². The molecule has 51 heavy (non-hydrogen) atoms. The average Bonchev–Trinajstić information content (AvgIpc) is 3.48. The van der Waals surface area contributed by atoms with E-state index >= 15 is 0 Å². The Hall–Kier alpha value is -5.45. The van der Waals surface area contributed by atoms with Crippen LogP contribution in [-0.2, 0) is 16.1 Å². The molecule has 1 aromatic heterocycles. The second-order valence-electron chi connectivity index (χ2n) is 11.7. The molecule has 0 bridgehead atoms. The summed E-state index contributed by atoms with van der Waals surface area (Å²) in [6, 6.07) is 33.9. The van der Waals surface area contributed by atoms with Gasteiger partial charge in [-0.05, 0) is 65.2 Å². The van der Waals surface area contributed by atoms with Crippen molar-refractivity contribution < 1.29 is 23.7 Å². The molecule has 1 atom stereocenters. The van der Waals surface area contributed by atoms with Crippen LogP contribution in [0, 0.1) is 0 Å². The molecule has 0 spiro atoms. The maximum absolute atomic E-state index is 14.7. The third kappa shape index (κ3) is 6.72. The maximum Gasteiger partial charge on any atom is 0.338 e. The van der Waals surface area contributed by atoms with Gasteiger partial charge in [0.1, 0.15) is 12.4 Å². The van der Waals surface area contributed by atoms with Crippen molar-refractivity contribution in [1.29, 1.82) is 0 Å². The van der Waals surface area contributed by atoms with E-state index in [1.54, 1.807) is 37.8 Å². The van der Waals surface area contributed by atoms with Crippen molar-refractivity contribution in [3.63, 3.8) is 0 Å². The van der Waals surface area contributed by atoms with Crippen LogP contribution in [-0.4, -0.2) is 31.4 Å². The van der Waals surface area contributed by atoms with Crippen molar-refractivity contribution >= 4 is 55.8 Å². The van der Waals surface area contributed by atoms with E-state index in [1.807, 2.05) is 103 Å². The molecule has 7 rings (SSSR count). The van der Waals surface area contributed by atoms with Gasteiger partial charge in [0, 0.05) is 15.6 Å². The second-order valence-corrected chi connectivity index (χ2v) is 13.6. The SMILES string of the molecule is CCOC(=O)C1=C(c2ccccc2)N=c2s/c(=C\c3c(OCc4ccc(Br)cc4)ccc4ccccc34)c(=O)n2[C@@H]1c1ccc(OC)c(OC)c1. The Labute approximate surface area is 306 Å². The number of thiazole rings is 1. The van der Waals surface area contributed by atoms with Crippen LogP contribution in [0.1, 0.15) is 35.2 Å². The van der Waals surface area contributed by atoms with E-state index in [0.717, 1.165) is 31.9 Å². The van der Waals surface area contributed by atoms with Crippen molar-refractivity contribution in [3.05, 3.63) is 161 Å². The molecule has 6 aromatic rings. The standard InChI is InChI=1S/C41H33BrN2O6S/c1-4-49-40(46)36-37(27-11-6-5-7-12-27)43-41-44(38(36)28-17-21-33(47-2)34(22-28)48-3)39(45)35(51-41)23-31-30-13-9-8-10-26(30)16-20-32(31)50-24-25-14-18-29(42)19-15-25/h5-23,38H,4,24H2,1-3H3/b35-23-/t38-/m1/s1. The van der Waals surface area contributed by atoms with E-state index in [1.165, 1.54) is 11.3 Å². The van der Waals surface area contributed by atoms with Crippen LogP contribution in [0.25, 0.3) is 22.5 Å². The number of fused-ring (bicyclic) bond motifs is 2. The molecular weight excluding hydrogens is 728 g/mol. The van der Waals surface area contributed by atoms with Crippen LogP contribution in [0.3, 0.4) is 0 Å². The summed E-state index contributed by atoms with van der Waals surface area (Å²) in [5, 5.41) is 1.94. The molecule has 0 aliphatic carbocycles. The Morgan fingerprint density at radius 2 is 1.61 bits per heavy atom. The third-order valence-electron chi connectivity index (χ3n) is 8.61. The molecule has 1 aliphatic rings. The number of nitrogens with zero attached hydrogens (tertiary/aromatic N) is 2. The molecule has 0 fully saturated rings. The number of methoxy groups -OCH3 is 2. The number of hydrogen-bond donors (Lipinski definition) is 0. The zero-order valence-corrected chi connectivity index (χ0v) is 30.5. The maximum atomic E-state index is 14.7. The molecule has 10 heteroatoms. The Balaban J connectivity index is 1.47. The molecule has 0 saturated carbocycles. The smallest absolute Gasteiger partial charge is 0.338 e. The van der Waals surface area contributed by atoms with Crippen molar-refractivity contribution in [2.75, 3.05) is 20.8 Å². The highest BCUT2D eigenvalue weighted by Gasteiger charge is 2.35. The first kappa shape index (κ1) is 34.0. The summed E-state index contributed by atoms with van der Waals surface area (Å²) in [7, 11) is 3.10. The summed E-state index contributed by atoms with van der Waals surface area (Å²) in [5.74, 6) is 1.05. The van der Waals surface area contributed by atoms with Crippen LogP contribution >= 0.6 is 27.3 Å². The van der Waals surface area contributed by atoms with Crippen LogP contribution in [0.15, 0.2) is 129 Å². The predicted octanol–water partition coefficient (Wildman–Crippen LogP) is 7.45. The molecule has 2 heterocycles. The van der Waals surface area contributed by atoms with E-state index in [4.69, 9.17) is 23.9 Å². The Morgan fingerprint density at radius 1 is 0.882 bits per heavy atom. The molecule has 1 aliphatic heterocycles. The van der Waals surface area contributed by atoms with Crippen LogP contribution in [0.5, 0.6) is 17.2 Å². The number of rotatable bonds is 10. The van der Waals surface area contributed by atoms with Gasteiger partial charge in [0.25, 0.3) is 5.56 Å². The van der Waals surface area contributed by atoms with Gasteiger partial charge in [-0.25, -0.2) is 9.79 Å². The summed E-state index contributed by atoms with van der Waals surface area (Å²) in [6.07, 6.45) is 1.87. The van der Waals surface area contributed by atoms with E-state index in [0.29, 0.717) is 44.4 Å². The lowest BCUT2D eigenvalue weighted by Crippen LogP contribution is -2.40. The van der Waals surface area contributed by atoms with Crippen molar-refractivity contribution in [2.24, 2.45) is 4.99 Å². The Kier molecular flexibility index (Phi) is 9.87. The molecule has 0 N–H and O–H groups in total. The van der Waals surface area contributed by atoms with Gasteiger partial charge < -0.3 is 18.9 Å². The van der Waals surface area contributed by atoms with E-state index in [9.17, 15) is 9.59 Å². The van der Waals surface area contributed by atoms with Crippen molar-refractivity contribution in [2.45, 2.75) is 19.6 Å². The molecule has 8 nitrogen and oxygen atoms in total. The first-order chi connectivity index (χ1) is 24.9. The van der Waals surface area contributed by atoms with Crippen LogP contribution in [0.2, 0.25) is 0 Å². The van der Waals surface area contributed by atoms with Gasteiger partial charge in [-0.15, -0.1) is 0 Å². The van der Waals surface area contributed by atoms with Gasteiger partial charge in [-0.1, -0.05) is 106 Å². The number of esters is 1. The summed E-state index contributed by atoms with van der Waals surface area (Å²) in [4.78, 5) is 34.1. The minimum absolute atomic E-state index is 0.150. The highest BCUT2D eigenvalue weighted by molar-refractivity contribution is 9.10. The lowest BCUT2D eigenvalue weighted by atomic mass is 9.93. The lowest BCUT2D eigenvalue weighted by molar-refractivity contribution is -0.138. The number of aromatic nitrogens is 1. The Bertz CT molecular complexity index is 2470. The first-order valence-electron chi connectivity index (χ1n) is 16.3. The fourth-order valence-corrected chi connectivity index (χ4v) is 7.45. The number of carbonyl (C=O) groups excluding carboxylic acids is 1. The van der Waals surface area contributed by atoms with Gasteiger partial charge in [-0.3, -0.25) is 9.36 Å². The molecule has 5 aromatic carbocycles. The molecule has 0 radical (unpaired) electrons. The second kappa shape index (κ2) is 14.8. The molecule has 256 valence electrons. The first-order valence-corrected chi connectivity index (χ1v) is 17.9. The van der Waals surface area contributed by atoms with Crippen LogP contribution in [0.4, 0.5) is 0 Å². The van der Waals surface area contributed by atoms with Gasteiger partial charge in [-0.2, -0.15) is 0 Å². The fourth-order valence-electron chi connectivity index (χ4n) is 6.20. The van der Waals surface area contributed by atoms with E-state index in [-0.39, 0.29) is 17.7 Å². The number of benzene rings is 5. The lowest BCUT2D eigenvalue weighted by Gasteiger charge is -2.26. The zero-order chi connectivity index (χ0) is 35.5. The minimum Gasteiger partial charge on any atom is -0.493 e. The van der Waals surface area contributed by atoms with Gasteiger partial charge in [0.2, 0.25) is 0 Å². The Morgan fingerprint density at radius 3 is 2.35 bits per heavy atom. The fraction of sp³-hybridized carbons (Fsp3) is 0.146. The van der Waals surface area contributed by atoms with E-state index in [2.05, 4.69) is 15.9 Å². The monoisotopic (exact) mass is 760 g/mol. The number of ether oxygens (including phenoxy) is 4. The van der Waals surface area contributed by atoms with Crippen LogP contribution < -0.4 is 29.1 Å². The van der Waals surface area contributed by atoms with E-state index < -0.39 is 12.0 Å². The molecular formula is C41H33BrN2O6S. The predicted molar refractivity (Wildman–Crippen MR) is 203 cm³/mol. The average molecular weight is 762 g/mol. The van der Waals surface area contributed by atoms with Gasteiger partial charge in [0.05, 0.1) is 42.7 Å². The normalized spacial score (nSPS) is 14.2. The van der Waals surface area contributed by atoms with Gasteiger partial charge in [0.15, 0.2) is 16.3 Å². The summed E-state index contributed by atoms with van der Waals surface area (Å²) in [6.45, 7) is 2.25. The summed E-state index contributed by atoms with van der Waals surface area (Å²) >= 11 is 4.75. The third-order valence-corrected chi connectivity index (χ3v) is 10.1. The highest BCUT2D eigenvalue weighted by Crippen LogP contribution is 2.38. The number of halogens is 1. The molecule has 0 unspecified atom stereocenters. The minimum atomic E-state index is -0.877. The largest absolute Gasteiger partial charge is 0.493 e. The topological polar surface area (TPSA) is 88.4 Å². The quantitative estimate of drug-likeness (QED) is 0.135. The highest BCUT2D eigenvalue weighted by atomic mass is 79.9. The zero-order valence-electron chi connectivity index (χ0n) is 28.1. The number of carbonyl (C=O) groups is 1. The number of hydrogen-bond acceptors (Lipinski definition) is 8. The summed E-state index contributed by atoms with van der Waals surface area (Å²) in [5.41, 5.74) is 3.51. The van der Waals surface area contributed by atoms with Gasteiger partial charge >= 0.3 is 5.97 Å². The van der Waals surface area contributed by atoms with Crippen molar-refractivity contribution in [3.8, 4) is 17.2 Å².